The molecular weight excluding hydrogens is 384 g/mol. The molecule has 0 bridgehead atoms. The summed E-state index contributed by atoms with van der Waals surface area (Å²) >= 11 is 6.36. The largest absolute Gasteiger partial charge is 0.436 e. The van der Waals surface area contributed by atoms with Gasteiger partial charge in [-0.15, -0.1) is 0 Å². The Hall–Kier alpha value is -3.63. The Labute approximate surface area is 171 Å². The lowest BCUT2D eigenvalue weighted by Gasteiger charge is -2.08. The predicted octanol–water partition coefficient (Wildman–Crippen LogP) is 6.55. The second-order valence-corrected chi connectivity index (χ2v) is 7.10. The van der Waals surface area contributed by atoms with Gasteiger partial charge < -0.3 is 9.73 Å². The van der Waals surface area contributed by atoms with Crippen LogP contribution in [-0.4, -0.2) is 10.9 Å². The maximum atomic E-state index is 12.7. The van der Waals surface area contributed by atoms with Gasteiger partial charge in [0.1, 0.15) is 5.52 Å². The Morgan fingerprint density at radius 1 is 0.862 bits per heavy atom. The molecule has 5 aromatic rings. The first-order valence-electron chi connectivity index (χ1n) is 9.13. The Bertz CT molecular complexity index is 1340. The molecule has 0 aliphatic carbocycles. The monoisotopic (exact) mass is 398 g/mol. The molecule has 1 amide bonds. The van der Waals surface area contributed by atoms with Crippen LogP contribution in [0.25, 0.3) is 33.3 Å². The smallest absolute Gasteiger partial charge is 0.255 e. The molecule has 1 heterocycles. The number of carbonyl (C=O) groups excluding carboxylic acids is 1. The van der Waals surface area contributed by atoms with Crippen LogP contribution in [0.3, 0.4) is 0 Å². The van der Waals surface area contributed by atoms with Crippen LogP contribution in [0, 0.1) is 0 Å². The standard InChI is InChI=1S/C24H15ClN2O2/c25-20-12-11-18(14-19(20)24-27-21-7-3-4-8-22(21)29-24)26-23(28)17-10-9-15-5-1-2-6-16(15)13-17/h1-14H,(H,26,28). The molecule has 140 valence electrons. The van der Waals surface area contributed by atoms with Crippen molar-refractivity contribution >= 4 is 45.1 Å². The molecule has 0 fully saturated rings. The summed E-state index contributed by atoms with van der Waals surface area (Å²) in [5, 5.41) is 5.54. The Balaban J connectivity index is 1.46. The molecule has 0 radical (unpaired) electrons. The van der Waals surface area contributed by atoms with E-state index in [2.05, 4.69) is 10.3 Å². The number of para-hydroxylation sites is 2. The minimum atomic E-state index is -0.193. The summed E-state index contributed by atoms with van der Waals surface area (Å²) in [6, 6.07) is 26.3. The van der Waals surface area contributed by atoms with E-state index in [1.807, 2.05) is 66.7 Å². The topological polar surface area (TPSA) is 55.1 Å². The number of benzene rings is 4. The molecule has 4 nitrogen and oxygen atoms in total. The summed E-state index contributed by atoms with van der Waals surface area (Å²) in [7, 11) is 0. The number of oxazole rings is 1. The fraction of sp³-hybridized carbons (Fsp3) is 0. The highest BCUT2D eigenvalue weighted by Gasteiger charge is 2.14. The second kappa shape index (κ2) is 7.08. The Morgan fingerprint density at radius 3 is 2.52 bits per heavy atom. The van der Waals surface area contributed by atoms with Crippen molar-refractivity contribution in [2.75, 3.05) is 5.32 Å². The number of fused-ring (bicyclic) bond motifs is 2. The van der Waals surface area contributed by atoms with Crippen LogP contribution in [0.4, 0.5) is 5.69 Å². The number of rotatable bonds is 3. The van der Waals surface area contributed by atoms with E-state index in [0.717, 1.165) is 16.3 Å². The molecule has 0 spiro atoms. The number of hydrogen-bond donors (Lipinski definition) is 1. The summed E-state index contributed by atoms with van der Waals surface area (Å²) in [5.41, 5.74) is 3.26. The van der Waals surface area contributed by atoms with E-state index in [1.165, 1.54) is 0 Å². The molecule has 0 unspecified atom stereocenters. The normalized spacial score (nSPS) is 11.1. The van der Waals surface area contributed by atoms with E-state index in [9.17, 15) is 4.79 Å². The maximum absolute atomic E-state index is 12.7. The van der Waals surface area contributed by atoms with Crippen molar-refractivity contribution in [3.63, 3.8) is 0 Å². The molecule has 0 aliphatic heterocycles. The van der Waals surface area contributed by atoms with Crippen LogP contribution in [0.15, 0.2) is 89.3 Å². The van der Waals surface area contributed by atoms with Crippen LogP contribution in [-0.2, 0) is 0 Å². The minimum absolute atomic E-state index is 0.193. The summed E-state index contributed by atoms with van der Waals surface area (Å²) in [6.45, 7) is 0. The molecule has 5 rings (SSSR count). The molecule has 0 atom stereocenters. The first kappa shape index (κ1) is 17.5. The van der Waals surface area contributed by atoms with Crippen molar-refractivity contribution in [1.82, 2.24) is 4.98 Å². The van der Waals surface area contributed by atoms with E-state index in [1.54, 1.807) is 18.2 Å². The van der Waals surface area contributed by atoms with Gasteiger partial charge in [0.15, 0.2) is 5.58 Å². The van der Waals surface area contributed by atoms with Gasteiger partial charge in [-0.3, -0.25) is 4.79 Å². The van der Waals surface area contributed by atoms with Gasteiger partial charge in [-0.2, -0.15) is 0 Å². The summed E-state index contributed by atoms with van der Waals surface area (Å²) in [6.07, 6.45) is 0. The van der Waals surface area contributed by atoms with Crippen LogP contribution in [0.5, 0.6) is 0 Å². The first-order chi connectivity index (χ1) is 14.2. The quantitative estimate of drug-likeness (QED) is 0.374. The van der Waals surface area contributed by atoms with Gasteiger partial charge in [0.05, 0.1) is 10.6 Å². The van der Waals surface area contributed by atoms with Crippen molar-refractivity contribution in [3.8, 4) is 11.5 Å². The highest BCUT2D eigenvalue weighted by Crippen LogP contribution is 2.32. The number of aromatic nitrogens is 1. The maximum Gasteiger partial charge on any atom is 0.255 e. The SMILES string of the molecule is O=C(Nc1ccc(Cl)c(-c2nc3ccccc3o2)c1)c1ccc2ccccc2c1. The van der Waals surface area contributed by atoms with Gasteiger partial charge in [0.25, 0.3) is 5.91 Å². The lowest BCUT2D eigenvalue weighted by molar-refractivity contribution is 0.102. The average molecular weight is 399 g/mol. The van der Waals surface area contributed by atoms with E-state index >= 15 is 0 Å². The average Bonchev–Trinajstić information content (AvgIpc) is 3.18. The number of hydrogen-bond acceptors (Lipinski definition) is 3. The number of halogens is 1. The number of amides is 1. The van der Waals surface area contributed by atoms with Crippen LogP contribution in [0.2, 0.25) is 5.02 Å². The van der Waals surface area contributed by atoms with Crippen molar-refractivity contribution in [1.29, 1.82) is 0 Å². The molecule has 0 saturated carbocycles. The molecule has 0 aliphatic rings. The zero-order valence-electron chi connectivity index (χ0n) is 15.2. The Kier molecular flexibility index (Phi) is 4.26. The highest BCUT2D eigenvalue weighted by atomic mass is 35.5. The fourth-order valence-electron chi connectivity index (χ4n) is 3.29. The third-order valence-electron chi connectivity index (χ3n) is 4.76. The number of anilines is 1. The molecule has 5 heteroatoms. The summed E-state index contributed by atoms with van der Waals surface area (Å²) in [5.74, 6) is 0.222. The zero-order valence-corrected chi connectivity index (χ0v) is 16.0. The summed E-state index contributed by atoms with van der Waals surface area (Å²) < 4.78 is 5.82. The van der Waals surface area contributed by atoms with E-state index in [4.69, 9.17) is 16.0 Å². The van der Waals surface area contributed by atoms with Crippen molar-refractivity contribution in [2.24, 2.45) is 0 Å². The van der Waals surface area contributed by atoms with Gasteiger partial charge in [-0.05, 0) is 53.2 Å². The highest BCUT2D eigenvalue weighted by molar-refractivity contribution is 6.33. The van der Waals surface area contributed by atoms with Crippen LogP contribution < -0.4 is 5.32 Å². The van der Waals surface area contributed by atoms with Crippen LogP contribution in [0.1, 0.15) is 10.4 Å². The third-order valence-corrected chi connectivity index (χ3v) is 5.09. The van der Waals surface area contributed by atoms with E-state index in [-0.39, 0.29) is 5.91 Å². The van der Waals surface area contributed by atoms with E-state index < -0.39 is 0 Å². The lowest BCUT2D eigenvalue weighted by atomic mass is 10.1. The summed E-state index contributed by atoms with van der Waals surface area (Å²) in [4.78, 5) is 17.2. The van der Waals surface area contributed by atoms with Crippen LogP contribution >= 0.6 is 11.6 Å². The Morgan fingerprint density at radius 2 is 1.66 bits per heavy atom. The van der Waals surface area contributed by atoms with Gasteiger partial charge in [-0.1, -0.05) is 54.1 Å². The van der Waals surface area contributed by atoms with Gasteiger partial charge >= 0.3 is 0 Å². The van der Waals surface area contributed by atoms with Crippen molar-refractivity contribution < 1.29 is 9.21 Å². The van der Waals surface area contributed by atoms with Gasteiger partial charge in [0.2, 0.25) is 5.89 Å². The number of carbonyl (C=O) groups is 1. The predicted molar refractivity (Wildman–Crippen MR) is 116 cm³/mol. The minimum Gasteiger partial charge on any atom is -0.436 e. The molecule has 0 saturated heterocycles. The zero-order chi connectivity index (χ0) is 19.8. The second-order valence-electron chi connectivity index (χ2n) is 6.70. The van der Waals surface area contributed by atoms with Crippen molar-refractivity contribution in [2.45, 2.75) is 0 Å². The third kappa shape index (κ3) is 3.35. The number of nitrogens with zero attached hydrogens (tertiary/aromatic N) is 1. The van der Waals surface area contributed by atoms with Gasteiger partial charge in [0, 0.05) is 11.3 Å². The van der Waals surface area contributed by atoms with Gasteiger partial charge in [-0.25, -0.2) is 4.98 Å². The van der Waals surface area contributed by atoms with E-state index in [0.29, 0.717) is 33.3 Å². The first-order valence-corrected chi connectivity index (χ1v) is 9.51. The van der Waals surface area contributed by atoms with Crippen molar-refractivity contribution in [3.05, 3.63) is 95.5 Å². The molecule has 1 N–H and O–H groups in total. The lowest BCUT2D eigenvalue weighted by Crippen LogP contribution is -2.11. The molecule has 4 aromatic carbocycles. The molecular formula is C24H15ClN2O2. The molecule has 29 heavy (non-hydrogen) atoms. The molecule has 1 aromatic heterocycles. The number of nitrogens with one attached hydrogen (secondary N) is 1. The fourth-order valence-corrected chi connectivity index (χ4v) is 3.49.